The molecule has 2 heterocycles. The smallest absolute Gasteiger partial charge is 0.235 e. The van der Waals surface area contributed by atoms with Crippen molar-refractivity contribution >= 4 is 0 Å². The Morgan fingerprint density at radius 3 is 2.85 bits per heavy atom. The van der Waals surface area contributed by atoms with Gasteiger partial charge < -0.3 is 19.5 Å². The molecule has 1 atom stereocenters. The van der Waals surface area contributed by atoms with Crippen LogP contribution in [0.25, 0.3) is 0 Å². The monoisotopic (exact) mass is 281 g/mol. The van der Waals surface area contributed by atoms with E-state index in [0.717, 1.165) is 13.1 Å². The molecule has 0 saturated carbocycles. The highest BCUT2D eigenvalue weighted by Gasteiger charge is 2.28. The quantitative estimate of drug-likeness (QED) is 0.880. The predicted octanol–water partition coefficient (Wildman–Crippen LogP) is 1.41. The fourth-order valence-electron chi connectivity index (χ4n) is 2.04. The summed E-state index contributed by atoms with van der Waals surface area (Å²) in [6.07, 6.45) is 3.23. The molecule has 20 heavy (non-hydrogen) atoms. The SMILES string of the molecule is CC(C)Oc1cncc(OCC2CNCC(C)(C)O2)n1. The summed E-state index contributed by atoms with van der Waals surface area (Å²) in [7, 11) is 0. The maximum atomic E-state index is 5.92. The van der Waals surface area contributed by atoms with E-state index >= 15 is 0 Å². The van der Waals surface area contributed by atoms with E-state index in [1.54, 1.807) is 12.4 Å². The Kier molecular flexibility index (Phi) is 4.77. The summed E-state index contributed by atoms with van der Waals surface area (Å²) in [5.41, 5.74) is -0.166. The van der Waals surface area contributed by atoms with Gasteiger partial charge in [0.1, 0.15) is 12.7 Å². The van der Waals surface area contributed by atoms with Crippen molar-refractivity contribution in [3.8, 4) is 11.8 Å². The average Bonchev–Trinajstić information content (AvgIpc) is 2.35. The van der Waals surface area contributed by atoms with E-state index in [2.05, 4.69) is 29.1 Å². The molecular formula is C14H23N3O3. The van der Waals surface area contributed by atoms with Crippen LogP contribution in [0.2, 0.25) is 0 Å². The molecule has 0 bridgehead atoms. The van der Waals surface area contributed by atoms with E-state index in [0.29, 0.717) is 18.4 Å². The number of nitrogens with zero attached hydrogens (tertiary/aromatic N) is 2. The van der Waals surface area contributed by atoms with Gasteiger partial charge in [-0.05, 0) is 27.7 Å². The van der Waals surface area contributed by atoms with Crippen LogP contribution in [0, 0.1) is 0 Å². The summed E-state index contributed by atoms with van der Waals surface area (Å²) in [6.45, 7) is 10.1. The molecule has 0 aromatic carbocycles. The van der Waals surface area contributed by atoms with Crippen molar-refractivity contribution in [2.75, 3.05) is 19.7 Å². The molecule has 6 nitrogen and oxygen atoms in total. The third-order valence-electron chi connectivity index (χ3n) is 2.77. The van der Waals surface area contributed by atoms with Crippen molar-refractivity contribution in [1.29, 1.82) is 0 Å². The average molecular weight is 281 g/mol. The van der Waals surface area contributed by atoms with E-state index in [1.807, 2.05) is 13.8 Å². The van der Waals surface area contributed by atoms with Gasteiger partial charge in [-0.15, -0.1) is 0 Å². The molecule has 1 aliphatic rings. The Labute approximate surface area is 119 Å². The molecular weight excluding hydrogens is 258 g/mol. The van der Waals surface area contributed by atoms with Crippen molar-refractivity contribution in [1.82, 2.24) is 15.3 Å². The standard InChI is InChI=1S/C14H23N3O3/c1-10(2)19-13-7-15-6-12(17-13)18-8-11-5-16-9-14(3,4)20-11/h6-7,10-11,16H,5,8-9H2,1-4H3. The molecule has 1 unspecified atom stereocenters. The Morgan fingerprint density at radius 1 is 1.40 bits per heavy atom. The summed E-state index contributed by atoms with van der Waals surface area (Å²) in [4.78, 5) is 8.31. The summed E-state index contributed by atoms with van der Waals surface area (Å²) in [5, 5.41) is 3.33. The zero-order chi connectivity index (χ0) is 14.6. The summed E-state index contributed by atoms with van der Waals surface area (Å²) in [5.74, 6) is 0.927. The third-order valence-corrected chi connectivity index (χ3v) is 2.77. The fraction of sp³-hybridized carbons (Fsp3) is 0.714. The van der Waals surface area contributed by atoms with Crippen LogP contribution in [0.15, 0.2) is 12.4 Å². The number of nitrogens with one attached hydrogen (secondary N) is 1. The first-order valence-electron chi connectivity index (χ1n) is 6.95. The molecule has 1 aliphatic heterocycles. The van der Waals surface area contributed by atoms with Crippen molar-refractivity contribution in [2.24, 2.45) is 0 Å². The van der Waals surface area contributed by atoms with Crippen LogP contribution in [-0.4, -0.2) is 47.5 Å². The first kappa shape index (κ1) is 15.0. The number of aromatic nitrogens is 2. The summed E-state index contributed by atoms with van der Waals surface area (Å²) >= 11 is 0. The van der Waals surface area contributed by atoms with Gasteiger partial charge in [0.15, 0.2) is 0 Å². The Hall–Kier alpha value is -1.40. The van der Waals surface area contributed by atoms with E-state index in [-0.39, 0.29) is 17.8 Å². The third kappa shape index (κ3) is 4.61. The maximum absolute atomic E-state index is 5.92. The van der Waals surface area contributed by atoms with Crippen molar-refractivity contribution in [2.45, 2.75) is 45.5 Å². The van der Waals surface area contributed by atoms with E-state index in [1.165, 1.54) is 0 Å². The van der Waals surface area contributed by atoms with E-state index in [9.17, 15) is 0 Å². The molecule has 112 valence electrons. The van der Waals surface area contributed by atoms with Gasteiger partial charge >= 0.3 is 0 Å². The second kappa shape index (κ2) is 6.37. The van der Waals surface area contributed by atoms with E-state index in [4.69, 9.17) is 14.2 Å². The highest BCUT2D eigenvalue weighted by molar-refractivity contribution is 5.12. The van der Waals surface area contributed by atoms with Crippen LogP contribution >= 0.6 is 0 Å². The Morgan fingerprint density at radius 2 is 2.15 bits per heavy atom. The molecule has 0 spiro atoms. The summed E-state index contributed by atoms with van der Waals surface area (Å²) in [6, 6.07) is 0. The Bertz CT molecular complexity index is 437. The summed E-state index contributed by atoms with van der Waals surface area (Å²) < 4.78 is 17.0. The van der Waals surface area contributed by atoms with Crippen LogP contribution in [0.3, 0.4) is 0 Å². The molecule has 1 fully saturated rings. The van der Waals surface area contributed by atoms with Gasteiger partial charge in [0.05, 0.1) is 24.1 Å². The highest BCUT2D eigenvalue weighted by atomic mass is 16.6. The normalized spacial score (nSPS) is 21.8. The van der Waals surface area contributed by atoms with Crippen molar-refractivity contribution in [3.63, 3.8) is 0 Å². The van der Waals surface area contributed by atoms with Crippen LogP contribution in [0.4, 0.5) is 0 Å². The minimum absolute atomic E-state index is 0.00947. The lowest BCUT2D eigenvalue weighted by molar-refractivity contribution is -0.107. The lowest BCUT2D eigenvalue weighted by atomic mass is 10.1. The molecule has 2 rings (SSSR count). The first-order chi connectivity index (χ1) is 9.44. The zero-order valence-electron chi connectivity index (χ0n) is 12.5. The fourth-order valence-corrected chi connectivity index (χ4v) is 2.04. The Balaban J connectivity index is 1.87. The van der Waals surface area contributed by atoms with Gasteiger partial charge in [0.25, 0.3) is 0 Å². The number of ether oxygens (including phenoxy) is 3. The van der Waals surface area contributed by atoms with Crippen molar-refractivity contribution in [3.05, 3.63) is 12.4 Å². The molecule has 1 saturated heterocycles. The van der Waals surface area contributed by atoms with E-state index < -0.39 is 0 Å². The van der Waals surface area contributed by atoms with Gasteiger partial charge in [0, 0.05) is 13.1 Å². The van der Waals surface area contributed by atoms with Crippen LogP contribution in [0.5, 0.6) is 11.8 Å². The van der Waals surface area contributed by atoms with Gasteiger partial charge in [-0.25, -0.2) is 0 Å². The number of morpholine rings is 1. The van der Waals surface area contributed by atoms with Crippen LogP contribution in [0.1, 0.15) is 27.7 Å². The topological polar surface area (TPSA) is 65.5 Å². The molecule has 1 aromatic rings. The second-order valence-corrected chi connectivity index (χ2v) is 5.80. The number of hydrogen-bond acceptors (Lipinski definition) is 6. The minimum Gasteiger partial charge on any atom is -0.474 e. The lowest BCUT2D eigenvalue weighted by Crippen LogP contribution is -2.52. The van der Waals surface area contributed by atoms with Crippen LogP contribution < -0.4 is 14.8 Å². The largest absolute Gasteiger partial charge is 0.474 e. The molecule has 0 radical (unpaired) electrons. The maximum Gasteiger partial charge on any atom is 0.235 e. The van der Waals surface area contributed by atoms with Crippen molar-refractivity contribution < 1.29 is 14.2 Å². The van der Waals surface area contributed by atoms with Gasteiger partial charge in [0.2, 0.25) is 11.8 Å². The zero-order valence-corrected chi connectivity index (χ0v) is 12.5. The van der Waals surface area contributed by atoms with Gasteiger partial charge in [-0.2, -0.15) is 4.98 Å². The second-order valence-electron chi connectivity index (χ2n) is 5.80. The highest BCUT2D eigenvalue weighted by Crippen LogP contribution is 2.17. The number of rotatable bonds is 5. The predicted molar refractivity (Wildman–Crippen MR) is 75.1 cm³/mol. The molecule has 1 aromatic heterocycles. The molecule has 6 heteroatoms. The van der Waals surface area contributed by atoms with Crippen LogP contribution in [-0.2, 0) is 4.74 Å². The first-order valence-corrected chi connectivity index (χ1v) is 6.95. The molecule has 1 N–H and O–H groups in total. The molecule has 0 amide bonds. The minimum atomic E-state index is -0.166. The van der Waals surface area contributed by atoms with Gasteiger partial charge in [-0.1, -0.05) is 0 Å². The van der Waals surface area contributed by atoms with Gasteiger partial charge in [-0.3, -0.25) is 4.98 Å². The number of hydrogen-bond donors (Lipinski definition) is 1. The molecule has 0 aliphatic carbocycles. The lowest BCUT2D eigenvalue weighted by Gasteiger charge is -2.36.